The molecule has 0 saturated heterocycles. The van der Waals surface area contributed by atoms with Crippen LogP contribution in [0.4, 0.5) is 11.5 Å². The molecule has 0 aliphatic carbocycles. The van der Waals surface area contributed by atoms with Crippen LogP contribution in [0.25, 0.3) is 10.9 Å². The molecule has 4 heterocycles. The molecular weight excluding hydrogens is 390 g/mol. The van der Waals surface area contributed by atoms with Crippen molar-refractivity contribution in [1.82, 2.24) is 14.5 Å². The third-order valence-corrected chi connectivity index (χ3v) is 5.69. The predicted molar refractivity (Wildman–Crippen MR) is 119 cm³/mol. The summed E-state index contributed by atoms with van der Waals surface area (Å²) >= 11 is 0. The van der Waals surface area contributed by atoms with Crippen molar-refractivity contribution in [2.75, 3.05) is 24.7 Å². The van der Waals surface area contributed by atoms with Crippen LogP contribution < -0.4 is 9.64 Å². The normalized spacial score (nSPS) is 14.5. The lowest BCUT2D eigenvalue weighted by atomic mass is 10.1. The molecule has 0 unspecified atom stereocenters. The summed E-state index contributed by atoms with van der Waals surface area (Å²) in [4.78, 5) is 15.2. The molecule has 31 heavy (non-hydrogen) atoms. The van der Waals surface area contributed by atoms with E-state index in [0.29, 0.717) is 38.1 Å². The number of aromatic nitrogens is 3. The van der Waals surface area contributed by atoms with E-state index in [9.17, 15) is 0 Å². The standard InChI is InChI=1S/C24H21N5O2/c1-2-4-17(5-3-1)15-30-12-10-28-9-8-18-14-19(6-7-20(18)28)29-11-13-31-24-21-22(25-16-26-24)27-23(21)29/h1-9,14,16H,10-13,15H2. The highest BCUT2D eigenvalue weighted by Gasteiger charge is 2.33. The first kappa shape index (κ1) is 18.1. The average molecular weight is 411 g/mol. The molecule has 2 aliphatic heterocycles. The van der Waals surface area contributed by atoms with E-state index in [-0.39, 0.29) is 0 Å². The van der Waals surface area contributed by atoms with Gasteiger partial charge >= 0.3 is 0 Å². The Bertz CT molecular complexity index is 1280. The van der Waals surface area contributed by atoms with E-state index in [0.717, 1.165) is 23.6 Å². The minimum atomic E-state index is 0.556. The van der Waals surface area contributed by atoms with Crippen molar-refractivity contribution >= 4 is 28.2 Å². The van der Waals surface area contributed by atoms with Gasteiger partial charge in [-0.05, 0) is 29.8 Å². The fraction of sp³-hybridized carbons (Fsp3) is 0.208. The first-order valence-electron chi connectivity index (χ1n) is 10.4. The van der Waals surface area contributed by atoms with Crippen LogP contribution in [-0.2, 0) is 17.9 Å². The maximum absolute atomic E-state index is 5.86. The molecule has 0 amide bonds. The van der Waals surface area contributed by atoms with Crippen LogP contribution in [0.3, 0.4) is 0 Å². The van der Waals surface area contributed by atoms with Crippen molar-refractivity contribution in [3.63, 3.8) is 0 Å². The summed E-state index contributed by atoms with van der Waals surface area (Å²) in [6.07, 6.45) is 3.62. The zero-order valence-corrected chi connectivity index (χ0v) is 16.9. The zero-order chi connectivity index (χ0) is 20.6. The second-order valence-electron chi connectivity index (χ2n) is 7.60. The quantitative estimate of drug-likeness (QED) is 0.450. The summed E-state index contributed by atoms with van der Waals surface area (Å²) in [6, 6.07) is 18.9. The van der Waals surface area contributed by atoms with Gasteiger partial charge in [0.15, 0.2) is 11.7 Å². The summed E-state index contributed by atoms with van der Waals surface area (Å²) in [5.74, 6) is 2.21. The Balaban J connectivity index is 1.18. The van der Waals surface area contributed by atoms with Crippen LogP contribution in [0.2, 0.25) is 0 Å². The van der Waals surface area contributed by atoms with Gasteiger partial charge in [0.1, 0.15) is 18.5 Å². The van der Waals surface area contributed by atoms with Crippen molar-refractivity contribution in [2.45, 2.75) is 13.2 Å². The molecule has 2 aromatic carbocycles. The third kappa shape index (κ3) is 3.23. The lowest BCUT2D eigenvalue weighted by molar-refractivity contribution is 0.114. The van der Waals surface area contributed by atoms with Crippen LogP contribution >= 0.6 is 0 Å². The van der Waals surface area contributed by atoms with Crippen LogP contribution in [-0.4, -0.2) is 40.1 Å². The highest BCUT2D eigenvalue weighted by molar-refractivity contribution is 6.20. The third-order valence-electron chi connectivity index (χ3n) is 5.69. The van der Waals surface area contributed by atoms with E-state index in [4.69, 9.17) is 9.47 Å². The van der Waals surface area contributed by atoms with Crippen LogP contribution in [0, 0.1) is 0 Å². The van der Waals surface area contributed by atoms with Crippen molar-refractivity contribution < 1.29 is 9.47 Å². The number of hydrogen-bond acceptors (Lipinski definition) is 6. The van der Waals surface area contributed by atoms with Crippen molar-refractivity contribution in [3.05, 3.63) is 78.2 Å². The Morgan fingerprint density at radius 3 is 2.90 bits per heavy atom. The van der Waals surface area contributed by atoms with E-state index in [2.05, 4.69) is 67.0 Å². The zero-order valence-electron chi connectivity index (χ0n) is 16.9. The van der Waals surface area contributed by atoms with Gasteiger partial charge in [0, 0.05) is 29.3 Å². The van der Waals surface area contributed by atoms with Gasteiger partial charge in [-0.3, -0.25) is 0 Å². The molecular formula is C24H21N5O2. The molecule has 0 fully saturated rings. The van der Waals surface area contributed by atoms with Crippen LogP contribution in [0.1, 0.15) is 11.1 Å². The van der Waals surface area contributed by atoms with E-state index in [1.54, 1.807) is 0 Å². The van der Waals surface area contributed by atoms with E-state index in [1.807, 2.05) is 18.2 Å². The molecule has 0 N–H and O–H groups in total. The number of nitrogens with zero attached hydrogens (tertiary/aromatic N) is 5. The highest BCUT2D eigenvalue weighted by Crippen LogP contribution is 2.38. The maximum atomic E-state index is 5.86. The van der Waals surface area contributed by atoms with Gasteiger partial charge in [0.05, 0.1) is 19.8 Å². The summed E-state index contributed by atoms with van der Waals surface area (Å²) in [5, 5.41) is 1.19. The Hall–Kier alpha value is -3.71. The second kappa shape index (κ2) is 7.52. The molecule has 7 nitrogen and oxygen atoms in total. The Morgan fingerprint density at radius 2 is 1.97 bits per heavy atom. The molecule has 6 rings (SSSR count). The number of fused-ring (bicyclic) bond motifs is 1. The summed E-state index contributed by atoms with van der Waals surface area (Å²) < 4.78 is 13.9. The van der Waals surface area contributed by atoms with Gasteiger partial charge in [-0.25, -0.2) is 15.0 Å². The number of aliphatic imine (C=N–C) groups is 1. The molecule has 0 radical (unpaired) electrons. The second-order valence-corrected chi connectivity index (χ2v) is 7.60. The monoisotopic (exact) mass is 411 g/mol. The van der Waals surface area contributed by atoms with E-state index in [1.165, 1.54) is 22.8 Å². The summed E-state index contributed by atoms with van der Waals surface area (Å²) in [6.45, 7) is 3.39. The number of benzene rings is 2. The number of rotatable bonds is 6. The predicted octanol–water partition coefficient (Wildman–Crippen LogP) is 3.94. The van der Waals surface area contributed by atoms with Gasteiger partial charge in [-0.1, -0.05) is 30.3 Å². The number of amidine groups is 1. The van der Waals surface area contributed by atoms with Crippen molar-refractivity contribution in [1.29, 1.82) is 0 Å². The molecule has 0 bridgehead atoms. The van der Waals surface area contributed by atoms with Crippen molar-refractivity contribution in [2.24, 2.45) is 4.99 Å². The summed E-state index contributed by atoms with van der Waals surface area (Å²) in [5.41, 5.74) is 4.39. The SMILES string of the molecule is c1ccc(COCCn2ccc3cc(N4CCOc5ncnc6c5C4=N6)ccc32)cc1. The van der Waals surface area contributed by atoms with Gasteiger partial charge in [0.25, 0.3) is 0 Å². The van der Waals surface area contributed by atoms with Crippen LogP contribution in [0.15, 0.2) is 72.1 Å². The van der Waals surface area contributed by atoms with Gasteiger partial charge in [-0.15, -0.1) is 0 Å². The Labute approximate surface area is 179 Å². The fourth-order valence-corrected chi connectivity index (χ4v) is 4.12. The Kier molecular flexibility index (Phi) is 4.39. The molecule has 0 atom stereocenters. The molecule has 0 saturated carbocycles. The molecule has 7 heteroatoms. The number of ether oxygens (including phenoxy) is 2. The lowest BCUT2D eigenvalue weighted by Crippen LogP contribution is -2.35. The molecule has 2 aromatic heterocycles. The molecule has 4 aromatic rings. The van der Waals surface area contributed by atoms with Gasteiger partial charge in [0.2, 0.25) is 5.88 Å². The first-order chi connectivity index (χ1) is 15.4. The van der Waals surface area contributed by atoms with E-state index >= 15 is 0 Å². The van der Waals surface area contributed by atoms with E-state index < -0.39 is 0 Å². The van der Waals surface area contributed by atoms with Crippen LogP contribution in [0.5, 0.6) is 5.88 Å². The highest BCUT2D eigenvalue weighted by atomic mass is 16.5. The maximum Gasteiger partial charge on any atom is 0.230 e. The topological polar surface area (TPSA) is 64.8 Å². The average Bonchev–Trinajstić information content (AvgIpc) is 3.10. The summed E-state index contributed by atoms with van der Waals surface area (Å²) in [7, 11) is 0. The lowest BCUT2D eigenvalue weighted by Gasteiger charge is -2.28. The minimum Gasteiger partial charge on any atom is -0.475 e. The number of anilines is 1. The smallest absolute Gasteiger partial charge is 0.230 e. The largest absolute Gasteiger partial charge is 0.475 e. The van der Waals surface area contributed by atoms with Crippen molar-refractivity contribution in [3.8, 4) is 5.88 Å². The molecule has 2 aliphatic rings. The molecule has 154 valence electrons. The fourth-order valence-electron chi connectivity index (χ4n) is 4.12. The van der Waals surface area contributed by atoms with Gasteiger partial charge < -0.3 is 18.9 Å². The number of hydrogen-bond donors (Lipinski definition) is 0. The Morgan fingerprint density at radius 1 is 1.03 bits per heavy atom. The van der Waals surface area contributed by atoms with Gasteiger partial charge in [-0.2, -0.15) is 0 Å². The molecule has 0 spiro atoms. The first-order valence-corrected chi connectivity index (χ1v) is 10.4. The minimum absolute atomic E-state index is 0.556.